The average molecular weight is 224 g/mol. The monoisotopic (exact) mass is 224 g/mol. The maximum absolute atomic E-state index is 4.41. The van der Waals surface area contributed by atoms with Crippen LogP contribution in [-0.2, 0) is 0 Å². The standard InChI is InChI=1S/C10H12N2S2/c1-6-8-9(12-5-4-11-8)10(14-6)7(2)13-3/h4-5,7H,1-3H3/t7-/m0/s1. The lowest BCUT2D eigenvalue weighted by molar-refractivity contribution is 1.14. The zero-order valence-electron chi connectivity index (χ0n) is 8.44. The van der Waals surface area contributed by atoms with Crippen LogP contribution in [-0.4, -0.2) is 16.2 Å². The second kappa shape index (κ2) is 3.87. The molecule has 0 unspecified atom stereocenters. The van der Waals surface area contributed by atoms with E-state index in [9.17, 15) is 0 Å². The summed E-state index contributed by atoms with van der Waals surface area (Å²) < 4.78 is 0. The largest absolute Gasteiger partial charge is 0.252 e. The fourth-order valence-corrected chi connectivity index (χ4v) is 3.17. The van der Waals surface area contributed by atoms with E-state index in [1.165, 1.54) is 9.75 Å². The molecule has 2 nitrogen and oxygen atoms in total. The van der Waals surface area contributed by atoms with Crippen molar-refractivity contribution in [3.63, 3.8) is 0 Å². The van der Waals surface area contributed by atoms with Crippen LogP contribution in [0.3, 0.4) is 0 Å². The summed E-state index contributed by atoms with van der Waals surface area (Å²) in [6.45, 7) is 4.32. The molecule has 0 aromatic carbocycles. The minimum absolute atomic E-state index is 0.507. The SMILES string of the molecule is CS[C@@H](C)c1sc(C)c2nccnc12. The quantitative estimate of drug-likeness (QED) is 0.781. The minimum atomic E-state index is 0.507. The number of hydrogen-bond acceptors (Lipinski definition) is 4. The van der Waals surface area contributed by atoms with Crippen molar-refractivity contribution in [2.45, 2.75) is 19.1 Å². The predicted octanol–water partition coefficient (Wildman–Crippen LogP) is 3.42. The van der Waals surface area contributed by atoms with E-state index in [2.05, 4.69) is 30.1 Å². The number of nitrogens with zero attached hydrogens (tertiary/aromatic N) is 2. The second-order valence-corrected chi connectivity index (χ2v) is 5.59. The van der Waals surface area contributed by atoms with Gasteiger partial charge in [0.1, 0.15) is 11.0 Å². The van der Waals surface area contributed by atoms with Gasteiger partial charge in [-0.3, -0.25) is 9.97 Å². The first-order valence-electron chi connectivity index (χ1n) is 4.47. The van der Waals surface area contributed by atoms with E-state index in [4.69, 9.17) is 0 Å². The van der Waals surface area contributed by atoms with Crippen molar-refractivity contribution in [2.75, 3.05) is 6.26 Å². The van der Waals surface area contributed by atoms with Crippen LogP contribution in [0.5, 0.6) is 0 Å². The zero-order valence-corrected chi connectivity index (χ0v) is 10.1. The molecule has 0 fully saturated rings. The second-order valence-electron chi connectivity index (χ2n) is 3.15. The lowest BCUT2D eigenvalue weighted by Crippen LogP contribution is -1.85. The summed E-state index contributed by atoms with van der Waals surface area (Å²) in [6, 6.07) is 0. The fourth-order valence-electron chi connectivity index (χ4n) is 1.42. The maximum atomic E-state index is 4.41. The van der Waals surface area contributed by atoms with Gasteiger partial charge in [0.25, 0.3) is 0 Å². The Kier molecular flexibility index (Phi) is 2.74. The van der Waals surface area contributed by atoms with E-state index < -0.39 is 0 Å². The summed E-state index contributed by atoms with van der Waals surface area (Å²) in [5.74, 6) is 0. The van der Waals surface area contributed by atoms with Crippen LogP contribution in [0.1, 0.15) is 21.9 Å². The minimum Gasteiger partial charge on any atom is -0.252 e. The van der Waals surface area contributed by atoms with Crippen LogP contribution in [0.25, 0.3) is 11.0 Å². The Bertz CT molecular complexity index is 450. The van der Waals surface area contributed by atoms with Crippen LogP contribution in [0, 0.1) is 6.92 Å². The van der Waals surface area contributed by atoms with Gasteiger partial charge in [-0.05, 0) is 20.1 Å². The van der Waals surface area contributed by atoms with Crippen molar-refractivity contribution in [3.8, 4) is 0 Å². The van der Waals surface area contributed by atoms with Gasteiger partial charge in [0.2, 0.25) is 0 Å². The molecule has 0 spiro atoms. The van der Waals surface area contributed by atoms with Gasteiger partial charge in [-0.2, -0.15) is 11.8 Å². The molecule has 74 valence electrons. The van der Waals surface area contributed by atoms with Crippen molar-refractivity contribution in [3.05, 3.63) is 22.1 Å². The van der Waals surface area contributed by atoms with Crippen LogP contribution < -0.4 is 0 Å². The molecular weight excluding hydrogens is 212 g/mol. The number of aromatic nitrogens is 2. The maximum Gasteiger partial charge on any atom is 0.104 e. The molecule has 4 heteroatoms. The van der Waals surface area contributed by atoms with Crippen LogP contribution >= 0.6 is 23.1 Å². The molecule has 0 saturated carbocycles. The fraction of sp³-hybridized carbons (Fsp3) is 0.400. The van der Waals surface area contributed by atoms with E-state index in [1.54, 1.807) is 12.4 Å². The summed E-state index contributed by atoms with van der Waals surface area (Å²) in [7, 11) is 0. The molecule has 0 aliphatic heterocycles. The van der Waals surface area contributed by atoms with E-state index in [-0.39, 0.29) is 0 Å². The summed E-state index contributed by atoms with van der Waals surface area (Å²) in [5, 5.41) is 0.507. The number of aryl methyl sites for hydroxylation is 1. The molecular formula is C10H12N2S2. The Hall–Kier alpha value is -0.610. The van der Waals surface area contributed by atoms with E-state index in [0.717, 1.165) is 11.0 Å². The summed E-state index contributed by atoms with van der Waals surface area (Å²) >= 11 is 3.66. The highest BCUT2D eigenvalue weighted by Gasteiger charge is 2.14. The number of rotatable bonds is 2. The smallest absolute Gasteiger partial charge is 0.104 e. The first kappa shape index (κ1) is 9.93. The third kappa shape index (κ3) is 1.53. The van der Waals surface area contributed by atoms with Crippen LogP contribution in [0.2, 0.25) is 0 Å². The zero-order chi connectivity index (χ0) is 10.1. The Morgan fingerprint density at radius 2 is 1.93 bits per heavy atom. The number of thioether (sulfide) groups is 1. The Balaban J connectivity index is 2.66. The number of hydrogen-bond donors (Lipinski definition) is 0. The Labute approximate surface area is 91.8 Å². The van der Waals surface area contributed by atoms with Gasteiger partial charge in [0.05, 0.1) is 0 Å². The Morgan fingerprint density at radius 1 is 1.29 bits per heavy atom. The molecule has 0 radical (unpaired) electrons. The predicted molar refractivity (Wildman–Crippen MR) is 64.1 cm³/mol. The molecule has 0 aliphatic rings. The van der Waals surface area contributed by atoms with Crippen molar-refractivity contribution < 1.29 is 0 Å². The molecule has 0 N–H and O–H groups in total. The number of fused-ring (bicyclic) bond motifs is 1. The molecule has 2 aromatic heterocycles. The molecule has 0 saturated heterocycles. The normalized spacial score (nSPS) is 13.4. The van der Waals surface area contributed by atoms with Crippen LogP contribution in [0.15, 0.2) is 12.4 Å². The third-order valence-corrected chi connectivity index (χ3v) is 4.61. The molecule has 0 amide bonds. The average Bonchev–Trinajstić information content (AvgIpc) is 2.56. The molecule has 0 bridgehead atoms. The first-order valence-corrected chi connectivity index (χ1v) is 6.57. The van der Waals surface area contributed by atoms with Gasteiger partial charge in [-0.15, -0.1) is 11.3 Å². The Morgan fingerprint density at radius 3 is 2.57 bits per heavy atom. The van der Waals surface area contributed by atoms with E-state index >= 15 is 0 Å². The summed E-state index contributed by atoms with van der Waals surface area (Å²) in [4.78, 5) is 11.4. The molecule has 0 aliphatic carbocycles. The van der Waals surface area contributed by atoms with Gasteiger partial charge in [0, 0.05) is 27.4 Å². The van der Waals surface area contributed by atoms with Gasteiger partial charge >= 0.3 is 0 Å². The van der Waals surface area contributed by atoms with Crippen LogP contribution in [0.4, 0.5) is 0 Å². The van der Waals surface area contributed by atoms with Crippen molar-refractivity contribution >= 4 is 34.1 Å². The highest BCUT2D eigenvalue weighted by Crippen LogP contribution is 2.37. The van der Waals surface area contributed by atoms with E-state index in [1.807, 2.05) is 23.1 Å². The highest BCUT2D eigenvalue weighted by molar-refractivity contribution is 7.98. The van der Waals surface area contributed by atoms with Gasteiger partial charge in [-0.25, -0.2) is 0 Å². The van der Waals surface area contributed by atoms with Crippen molar-refractivity contribution in [1.82, 2.24) is 9.97 Å². The highest BCUT2D eigenvalue weighted by atomic mass is 32.2. The first-order chi connectivity index (χ1) is 6.74. The van der Waals surface area contributed by atoms with Gasteiger partial charge in [-0.1, -0.05) is 0 Å². The molecule has 2 aromatic rings. The van der Waals surface area contributed by atoms with Crippen molar-refractivity contribution in [2.24, 2.45) is 0 Å². The third-order valence-electron chi connectivity index (χ3n) is 2.25. The molecule has 14 heavy (non-hydrogen) atoms. The summed E-state index contributed by atoms with van der Waals surface area (Å²) in [5.41, 5.74) is 2.14. The molecule has 2 rings (SSSR count). The van der Waals surface area contributed by atoms with E-state index in [0.29, 0.717) is 5.25 Å². The lowest BCUT2D eigenvalue weighted by atomic mass is 10.3. The van der Waals surface area contributed by atoms with Gasteiger partial charge < -0.3 is 0 Å². The lowest BCUT2D eigenvalue weighted by Gasteiger charge is -2.04. The van der Waals surface area contributed by atoms with Gasteiger partial charge in [0.15, 0.2) is 0 Å². The summed E-state index contributed by atoms with van der Waals surface area (Å²) in [6.07, 6.45) is 5.66. The topological polar surface area (TPSA) is 25.8 Å². The molecule has 2 heterocycles. The van der Waals surface area contributed by atoms with Crippen molar-refractivity contribution in [1.29, 1.82) is 0 Å². The molecule has 1 atom stereocenters. The number of thiophene rings is 1.